The fourth-order valence-electron chi connectivity index (χ4n) is 1.94. The number of hydrogen-bond acceptors (Lipinski definition) is 2. The topological polar surface area (TPSA) is 44.1 Å². The summed E-state index contributed by atoms with van der Waals surface area (Å²) in [7, 11) is 1.69. The van der Waals surface area contributed by atoms with E-state index in [1.54, 1.807) is 42.3 Å². The lowest BCUT2D eigenvalue weighted by Crippen LogP contribution is -2.24. The van der Waals surface area contributed by atoms with E-state index in [-0.39, 0.29) is 11.7 Å². The molecule has 3 nitrogen and oxygen atoms in total. The number of benzene rings is 2. The van der Waals surface area contributed by atoms with Crippen LogP contribution in [0.3, 0.4) is 0 Å². The van der Waals surface area contributed by atoms with Crippen LogP contribution in [0.4, 0.5) is 4.39 Å². The molecule has 0 atom stereocenters. The quantitative estimate of drug-likeness (QED) is 0.811. The summed E-state index contributed by atoms with van der Waals surface area (Å²) in [4.78, 5) is 13.6. The molecule has 1 amide bonds. The standard InChI is InChI=1S/C18H15FN2O/c1-21(13-16-7-5-15(12-20)6-8-16)18(22)10-9-14-3-2-4-17(19)11-14/h2-11H,13H2,1H3/b10-9+. The molecule has 0 spiro atoms. The first-order valence-corrected chi connectivity index (χ1v) is 6.76. The van der Waals surface area contributed by atoms with Crippen LogP contribution in [0, 0.1) is 17.1 Å². The molecule has 0 aliphatic heterocycles. The summed E-state index contributed by atoms with van der Waals surface area (Å²) in [6, 6.07) is 15.2. The van der Waals surface area contributed by atoms with Crippen molar-refractivity contribution >= 4 is 12.0 Å². The molecule has 0 aromatic heterocycles. The van der Waals surface area contributed by atoms with E-state index >= 15 is 0 Å². The first kappa shape index (κ1) is 15.5. The second kappa shape index (κ2) is 7.19. The Kier molecular flexibility index (Phi) is 5.05. The highest BCUT2D eigenvalue weighted by Crippen LogP contribution is 2.08. The maximum Gasteiger partial charge on any atom is 0.246 e. The Labute approximate surface area is 128 Å². The highest BCUT2D eigenvalue weighted by molar-refractivity contribution is 5.91. The monoisotopic (exact) mass is 294 g/mol. The van der Waals surface area contributed by atoms with Crippen molar-refractivity contribution < 1.29 is 9.18 Å². The van der Waals surface area contributed by atoms with Gasteiger partial charge >= 0.3 is 0 Å². The summed E-state index contributed by atoms with van der Waals surface area (Å²) in [5.41, 5.74) is 2.16. The minimum absolute atomic E-state index is 0.173. The highest BCUT2D eigenvalue weighted by Gasteiger charge is 2.06. The van der Waals surface area contributed by atoms with Crippen molar-refractivity contribution in [2.24, 2.45) is 0 Å². The fraction of sp³-hybridized carbons (Fsp3) is 0.111. The lowest BCUT2D eigenvalue weighted by atomic mass is 10.1. The Balaban J connectivity index is 1.98. The van der Waals surface area contributed by atoms with E-state index in [1.165, 1.54) is 18.2 Å². The summed E-state index contributed by atoms with van der Waals surface area (Å²) >= 11 is 0. The second-order valence-corrected chi connectivity index (χ2v) is 4.89. The molecule has 0 aliphatic carbocycles. The Morgan fingerprint density at radius 2 is 2.00 bits per heavy atom. The number of carbonyl (C=O) groups is 1. The van der Waals surface area contributed by atoms with E-state index in [9.17, 15) is 9.18 Å². The van der Waals surface area contributed by atoms with Gasteiger partial charge in [0.05, 0.1) is 11.6 Å². The number of nitrogens with zero attached hydrogens (tertiary/aromatic N) is 2. The minimum Gasteiger partial charge on any atom is -0.338 e. The summed E-state index contributed by atoms with van der Waals surface area (Å²) in [5, 5.41) is 8.75. The molecular weight excluding hydrogens is 279 g/mol. The molecule has 0 fully saturated rings. The molecule has 110 valence electrons. The second-order valence-electron chi connectivity index (χ2n) is 4.89. The zero-order valence-electron chi connectivity index (χ0n) is 12.2. The lowest BCUT2D eigenvalue weighted by Gasteiger charge is -2.15. The Hall–Kier alpha value is -2.93. The van der Waals surface area contributed by atoms with Gasteiger partial charge in [-0.1, -0.05) is 24.3 Å². The number of carbonyl (C=O) groups excluding carboxylic acids is 1. The van der Waals surface area contributed by atoms with Gasteiger partial charge in [0.25, 0.3) is 0 Å². The molecule has 22 heavy (non-hydrogen) atoms. The maximum atomic E-state index is 13.0. The average molecular weight is 294 g/mol. The van der Waals surface area contributed by atoms with Crippen LogP contribution in [-0.2, 0) is 11.3 Å². The van der Waals surface area contributed by atoms with E-state index in [4.69, 9.17) is 5.26 Å². The van der Waals surface area contributed by atoms with Crippen molar-refractivity contribution in [3.8, 4) is 6.07 Å². The van der Waals surface area contributed by atoms with Gasteiger partial charge in [0.15, 0.2) is 0 Å². The van der Waals surface area contributed by atoms with Crippen molar-refractivity contribution in [2.75, 3.05) is 7.05 Å². The number of hydrogen-bond donors (Lipinski definition) is 0. The van der Waals surface area contributed by atoms with Crippen molar-refractivity contribution in [1.82, 2.24) is 4.90 Å². The molecule has 2 aromatic carbocycles. The molecule has 0 aliphatic rings. The van der Waals surface area contributed by atoms with Crippen molar-refractivity contribution in [2.45, 2.75) is 6.54 Å². The largest absolute Gasteiger partial charge is 0.338 e. The van der Waals surface area contributed by atoms with Gasteiger partial charge in [-0.2, -0.15) is 5.26 Å². The smallest absolute Gasteiger partial charge is 0.246 e. The van der Waals surface area contributed by atoms with Crippen LogP contribution < -0.4 is 0 Å². The van der Waals surface area contributed by atoms with Crippen LogP contribution in [0.1, 0.15) is 16.7 Å². The van der Waals surface area contributed by atoms with E-state index in [0.29, 0.717) is 17.7 Å². The first-order chi connectivity index (χ1) is 10.6. The summed E-state index contributed by atoms with van der Waals surface area (Å²) in [6.07, 6.45) is 3.00. The minimum atomic E-state index is -0.333. The molecule has 0 radical (unpaired) electrons. The van der Waals surface area contributed by atoms with Crippen LogP contribution in [0.25, 0.3) is 6.08 Å². The van der Waals surface area contributed by atoms with Gasteiger partial charge in [-0.3, -0.25) is 4.79 Å². The number of rotatable bonds is 4. The maximum absolute atomic E-state index is 13.0. The molecule has 0 unspecified atom stereocenters. The molecule has 0 saturated heterocycles. The van der Waals surface area contributed by atoms with Crippen molar-refractivity contribution in [3.63, 3.8) is 0 Å². The Morgan fingerprint density at radius 3 is 2.64 bits per heavy atom. The molecular formula is C18H15FN2O. The van der Waals surface area contributed by atoms with E-state index in [0.717, 1.165) is 5.56 Å². The third-order valence-electron chi connectivity index (χ3n) is 3.15. The van der Waals surface area contributed by atoms with Crippen LogP contribution >= 0.6 is 0 Å². The van der Waals surface area contributed by atoms with Gasteiger partial charge in [0, 0.05) is 19.7 Å². The third-order valence-corrected chi connectivity index (χ3v) is 3.15. The third kappa shape index (κ3) is 4.29. The lowest BCUT2D eigenvalue weighted by molar-refractivity contribution is -0.125. The molecule has 0 N–H and O–H groups in total. The van der Waals surface area contributed by atoms with E-state index in [2.05, 4.69) is 6.07 Å². The fourth-order valence-corrected chi connectivity index (χ4v) is 1.94. The molecule has 0 saturated carbocycles. The van der Waals surface area contributed by atoms with Crippen molar-refractivity contribution in [1.29, 1.82) is 5.26 Å². The molecule has 2 rings (SSSR count). The molecule has 2 aromatic rings. The van der Waals surface area contributed by atoms with Gasteiger partial charge in [-0.15, -0.1) is 0 Å². The predicted octanol–water partition coefficient (Wildman–Crippen LogP) is 3.37. The molecule has 4 heteroatoms. The SMILES string of the molecule is CN(Cc1ccc(C#N)cc1)C(=O)/C=C/c1cccc(F)c1. The molecule has 0 bridgehead atoms. The zero-order valence-corrected chi connectivity index (χ0v) is 12.2. The van der Waals surface area contributed by atoms with Gasteiger partial charge in [-0.25, -0.2) is 4.39 Å². The highest BCUT2D eigenvalue weighted by atomic mass is 19.1. The number of amides is 1. The van der Waals surface area contributed by atoms with Gasteiger partial charge in [-0.05, 0) is 41.5 Å². The van der Waals surface area contributed by atoms with Crippen LogP contribution in [0.15, 0.2) is 54.6 Å². The average Bonchev–Trinajstić information content (AvgIpc) is 2.53. The van der Waals surface area contributed by atoms with E-state index in [1.807, 2.05) is 12.1 Å². The van der Waals surface area contributed by atoms with Crippen molar-refractivity contribution in [3.05, 3.63) is 77.1 Å². The summed E-state index contributed by atoms with van der Waals surface area (Å²) < 4.78 is 13.0. The van der Waals surface area contributed by atoms with Crippen LogP contribution in [0.5, 0.6) is 0 Å². The number of halogens is 1. The summed E-state index contributed by atoms with van der Waals surface area (Å²) in [6.45, 7) is 0.442. The normalized spacial score (nSPS) is 10.4. The van der Waals surface area contributed by atoms with E-state index < -0.39 is 0 Å². The predicted molar refractivity (Wildman–Crippen MR) is 83.1 cm³/mol. The number of likely N-dealkylation sites (N-methyl/N-ethyl adjacent to an activating group) is 1. The van der Waals surface area contributed by atoms with Gasteiger partial charge in [0.1, 0.15) is 5.82 Å². The van der Waals surface area contributed by atoms with Crippen LogP contribution in [-0.4, -0.2) is 17.9 Å². The van der Waals surface area contributed by atoms with Gasteiger partial charge < -0.3 is 4.90 Å². The Bertz CT molecular complexity index is 729. The Morgan fingerprint density at radius 1 is 1.27 bits per heavy atom. The van der Waals surface area contributed by atoms with Crippen LogP contribution in [0.2, 0.25) is 0 Å². The summed E-state index contributed by atoms with van der Waals surface area (Å²) in [5.74, 6) is -0.505. The van der Waals surface area contributed by atoms with Gasteiger partial charge in [0.2, 0.25) is 5.91 Å². The molecule has 0 heterocycles. The first-order valence-electron chi connectivity index (χ1n) is 6.76. The zero-order chi connectivity index (χ0) is 15.9. The number of nitriles is 1.